The molecule has 192 valence electrons. The molecule has 34 heavy (non-hydrogen) atoms. The quantitative estimate of drug-likeness (QED) is 0.232. The first-order chi connectivity index (χ1) is 16.6. The van der Waals surface area contributed by atoms with Gasteiger partial charge in [0.05, 0.1) is 0 Å². The third-order valence-corrected chi connectivity index (χ3v) is 7.64. The van der Waals surface area contributed by atoms with Crippen LogP contribution in [0.1, 0.15) is 151 Å². The fourth-order valence-corrected chi connectivity index (χ4v) is 6.61. The highest BCUT2D eigenvalue weighted by atomic mass is 14.3. The van der Waals surface area contributed by atoms with Crippen molar-refractivity contribution in [2.24, 2.45) is 0 Å². The third-order valence-electron chi connectivity index (χ3n) is 7.64. The lowest BCUT2D eigenvalue weighted by molar-refractivity contribution is 0.792. The molecule has 0 spiro atoms. The average Bonchev–Trinajstić information content (AvgIpc) is 2.82. The first-order valence-corrected chi connectivity index (χ1v) is 15.2. The highest BCUT2D eigenvalue weighted by Crippen LogP contribution is 2.43. The summed E-state index contributed by atoms with van der Waals surface area (Å²) in [6.07, 6.45) is 20.0. The van der Waals surface area contributed by atoms with E-state index >= 15 is 0 Å². The Morgan fingerprint density at radius 2 is 0.382 bits per heavy atom. The summed E-state index contributed by atoms with van der Waals surface area (Å²) in [5.41, 5.74) is 14.0. The van der Waals surface area contributed by atoms with Gasteiger partial charge in [0.2, 0.25) is 0 Å². The van der Waals surface area contributed by atoms with Crippen LogP contribution in [0.2, 0.25) is 0 Å². The summed E-state index contributed by atoms with van der Waals surface area (Å²) >= 11 is 0. The van der Waals surface area contributed by atoms with E-state index in [0.29, 0.717) is 0 Å². The molecule has 0 unspecified atom stereocenters. The maximum absolute atomic E-state index is 2.39. The van der Waals surface area contributed by atoms with Gasteiger partial charge < -0.3 is 0 Å². The largest absolute Gasteiger partial charge is 0.0651 e. The molecule has 0 atom stereocenters. The zero-order chi connectivity index (χ0) is 25.1. The molecule has 0 heterocycles. The van der Waals surface area contributed by atoms with Gasteiger partial charge in [-0.15, -0.1) is 0 Å². The van der Waals surface area contributed by atoms with Crippen LogP contribution in [0.25, 0.3) is 10.8 Å². The van der Waals surface area contributed by atoms with E-state index in [4.69, 9.17) is 0 Å². The molecule has 2 aromatic carbocycles. The monoisotopic (exact) mass is 464 g/mol. The molecule has 0 N–H and O–H groups in total. The van der Waals surface area contributed by atoms with Crippen molar-refractivity contribution >= 4 is 10.8 Å². The normalized spacial score (nSPS) is 11.6. The Morgan fingerprint density at radius 1 is 0.235 bits per heavy atom. The minimum absolute atomic E-state index is 1.25. The SMILES string of the molecule is CCCc1c(CCC)c(CCC)c2c(CCC)c(CCC)c(CCC)c(CCC)c2c1CCC. The van der Waals surface area contributed by atoms with Gasteiger partial charge in [-0.1, -0.05) is 107 Å². The molecular weight excluding hydrogens is 408 g/mol. The zero-order valence-electron chi connectivity index (χ0n) is 24.3. The Bertz CT molecular complexity index is 754. The maximum atomic E-state index is 2.39. The van der Waals surface area contributed by atoms with Crippen molar-refractivity contribution in [2.75, 3.05) is 0 Å². The van der Waals surface area contributed by atoms with E-state index < -0.39 is 0 Å². The van der Waals surface area contributed by atoms with Crippen molar-refractivity contribution < 1.29 is 0 Å². The first-order valence-electron chi connectivity index (χ1n) is 15.2. The van der Waals surface area contributed by atoms with Crippen LogP contribution in [-0.2, 0) is 51.4 Å². The Kier molecular flexibility index (Phi) is 12.7. The lowest BCUT2D eigenvalue weighted by Crippen LogP contribution is -2.14. The molecule has 0 saturated carbocycles. The van der Waals surface area contributed by atoms with Gasteiger partial charge in [-0.25, -0.2) is 0 Å². The second kappa shape index (κ2) is 15.0. The van der Waals surface area contributed by atoms with Crippen LogP contribution in [0.3, 0.4) is 0 Å². The van der Waals surface area contributed by atoms with E-state index in [0.717, 1.165) is 0 Å². The molecule has 0 bridgehead atoms. The van der Waals surface area contributed by atoms with Gasteiger partial charge in [-0.3, -0.25) is 0 Å². The van der Waals surface area contributed by atoms with Gasteiger partial charge in [0.15, 0.2) is 0 Å². The number of hydrogen-bond acceptors (Lipinski definition) is 0. The Labute approximate surface area is 213 Å². The van der Waals surface area contributed by atoms with Crippen LogP contribution in [0, 0.1) is 0 Å². The fourth-order valence-electron chi connectivity index (χ4n) is 6.61. The Hall–Kier alpha value is -1.30. The van der Waals surface area contributed by atoms with Gasteiger partial charge in [-0.2, -0.15) is 0 Å². The summed E-state index contributed by atoms with van der Waals surface area (Å²) in [5, 5.41) is 3.48. The summed E-state index contributed by atoms with van der Waals surface area (Å²) in [7, 11) is 0. The molecular formula is C34H56. The molecule has 0 aliphatic carbocycles. The third kappa shape index (κ3) is 6.09. The lowest BCUT2D eigenvalue weighted by atomic mass is 9.75. The summed E-state index contributed by atoms with van der Waals surface area (Å²) in [6, 6.07) is 0. The fraction of sp³-hybridized carbons (Fsp3) is 0.706. The number of rotatable bonds is 16. The lowest BCUT2D eigenvalue weighted by Gasteiger charge is -2.30. The Morgan fingerprint density at radius 3 is 0.529 bits per heavy atom. The molecule has 0 nitrogen and oxygen atoms in total. The number of hydrogen-bond donors (Lipinski definition) is 0. The van der Waals surface area contributed by atoms with Crippen molar-refractivity contribution in [3.63, 3.8) is 0 Å². The van der Waals surface area contributed by atoms with Gasteiger partial charge in [0, 0.05) is 0 Å². The standard InChI is InChI=1S/C34H56/c1-9-17-25-26(18-10-2)30(22-14-6)34-32(24-16-8)28(20-12-4)27(19-11-3)31(23-15-7)33(34)29(25)21-13-5/h9-24H2,1-8H3. The van der Waals surface area contributed by atoms with Crippen molar-refractivity contribution in [1.29, 1.82) is 0 Å². The van der Waals surface area contributed by atoms with Crippen molar-refractivity contribution in [1.82, 2.24) is 0 Å². The summed E-state index contributed by atoms with van der Waals surface area (Å²) in [5.74, 6) is 0. The van der Waals surface area contributed by atoms with E-state index in [9.17, 15) is 0 Å². The molecule has 0 fully saturated rings. The van der Waals surface area contributed by atoms with Crippen LogP contribution in [0.4, 0.5) is 0 Å². The molecule has 0 aliphatic rings. The van der Waals surface area contributed by atoms with Gasteiger partial charge in [0.25, 0.3) is 0 Å². The molecule has 0 heteroatoms. The molecule has 0 saturated heterocycles. The smallest absolute Gasteiger partial charge is 0.0108 e. The van der Waals surface area contributed by atoms with Crippen LogP contribution in [-0.4, -0.2) is 0 Å². The predicted octanol–water partition coefficient (Wildman–Crippen LogP) is 10.5. The zero-order valence-corrected chi connectivity index (χ0v) is 24.3. The van der Waals surface area contributed by atoms with E-state index in [-0.39, 0.29) is 0 Å². The molecule has 0 aromatic heterocycles. The Balaban J connectivity index is 3.31. The van der Waals surface area contributed by atoms with E-state index in [1.54, 1.807) is 55.3 Å². The minimum atomic E-state index is 1.25. The van der Waals surface area contributed by atoms with E-state index in [2.05, 4.69) is 55.4 Å². The van der Waals surface area contributed by atoms with Gasteiger partial charge >= 0.3 is 0 Å². The number of fused-ring (bicyclic) bond motifs is 1. The summed E-state index contributed by atoms with van der Waals surface area (Å²) in [6.45, 7) is 19.1. The predicted molar refractivity (Wildman–Crippen MR) is 156 cm³/mol. The maximum Gasteiger partial charge on any atom is -0.0108 e. The highest BCUT2D eigenvalue weighted by Gasteiger charge is 2.26. The van der Waals surface area contributed by atoms with Crippen molar-refractivity contribution in [3.8, 4) is 0 Å². The second-order valence-electron chi connectivity index (χ2n) is 10.6. The van der Waals surface area contributed by atoms with Crippen LogP contribution < -0.4 is 0 Å². The van der Waals surface area contributed by atoms with Crippen LogP contribution in [0.15, 0.2) is 0 Å². The van der Waals surface area contributed by atoms with Crippen LogP contribution in [0.5, 0.6) is 0 Å². The minimum Gasteiger partial charge on any atom is -0.0651 e. The molecule has 0 aliphatic heterocycles. The van der Waals surface area contributed by atoms with Gasteiger partial charge in [0.1, 0.15) is 0 Å². The van der Waals surface area contributed by atoms with Crippen molar-refractivity contribution in [2.45, 2.75) is 158 Å². The second-order valence-corrected chi connectivity index (χ2v) is 10.6. The van der Waals surface area contributed by atoms with E-state index in [1.807, 2.05) is 0 Å². The number of benzene rings is 2. The summed E-state index contributed by atoms with van der Waals surface area (Å²) < 4.78 is 0. The molecule has 2 aromatic rings. The summed E-state index contributed by atoms with van der Waals surface area (Å²) in [4.78, 5) is 0. The van der Waals surface area contributed by atoms with Crippen molar-refractivity contribution in [3.05, 3.63) is 44.5 Å². The molecule has 0 radical (unpaired) electrons. The molecule has 2 rings (SSSR count). The van der Waals surface area contributed by atoms with Crippen LogP contribution >= 0.6 is 0 Å². The molecule has 0 amide bonds. The highest BCUT2D eigenvalue weighted by molar-refractivity contribution is 5.98. The number of aryl methyl sites for hydroxylation is 4. The van der Waals surface area contributed by atoms with E-state index in [1.165, 1.54) is 103 Å². The average molecular weight is 465 g/mol. The first kappa shape index (κ1) is 28.9. The topological polar surface area (TPSA) is 0 Å². The van der Waals surface area contributed by atoms with Gasteiger partial charge in [-0.05, 0) is 107 Å².